The molecule has 0 bridgehead atoms. The van der Waals surface area contributed by atoms with E-state index in [1.54, 1.807) is 7.11 Å². The second-order valence-corrected chi connectivity index (χ2v) is 8.16. The van der Waals surface area contributed by atoms with Crippen molar-refractivity contribution in [3.63, 3.8) is 0 Å². The average Bonchev–Trinajstić information content (AvgIpc) is 3.41. The van der Waals surface area contributed by atoms with E-state index in [4.69, 9.17) is 4.74 Å². The first-order valence-corrected chi connectivity index (χ1v) is 9.59. The Bertz CT molecular complexity index is 594. The molecule has 1 unspecified atom stereocenters. The van der Waals surface area contributed by atoms with Gasteiger partial charge in [0.05, 0.1) is 12.5 Å². The first kappa shape index (κ1) is 17.0. The van der Waals surface area contributed by atoms with Gasteiger partial charge in [0.2, 0.25) is 5.91 Å². The minimum atomic E-state index is 0.0549. The average molecular weight is 343 g/mol. The van der Waals surface area contributed by atoms with Crippen molar-refractivity contribution in [1.29, 1.82) is 0 Å². The molecular formula is C20H29N3O2. The lowest BCUT2D eigenvalue weighted by molar-refractivity contribution is -0.133. The Balaban J connectivity index is 1.41. The molecule has 1 aliphatic carbocycles. The van der Waals surface area contributed by atoms with E-state index >= 15 is 0 Å². The zero-order valence-electron chi connectivity index (χ0n) is 15.2. The van der Waals surface area contributed by atoms with Crippen molar-refractivity contribution in [1.82, 2.24) is 14.8 Å². The number of pyridine rings is 1. The Morgan fingerprint density at radius 2 is 1.96 bits per heavy atom. The van der Waals surface area contributed by atoms with Crippen molar-refractivity contribution in [3.05, 3.63) is 30.1 Å². The predicted molar refractivity (Wildman–Crippen MR) is 95.9 cm³/mol. The summed E-state index contributed by atoms with van der Waals surface area (Å²) in [6.07, 6.45) is 8.51. The van der Waals surface area contributed by atoms with Crippen LogP contribution < -0.4 is 0 Å². The molecule has 1 atom stereocenters. The molecule has 1 saturated carbocycles. The van der Waals surface area contributed by atoms with Gasteiger partial charge >= 0.3 is 0 Å². The summed E-state index contributed by atoms with van der Waals surface area (Å²) < 4.78 is 5.45. The van der Waals surface area contributed by atoms with Crippen molar-refractivity contribution in [2.75, 3.05) is 39.9 Å². The van der Waals surface area contributed by atoms with Crippen LogP contribution in [-0.2, 0) is 16.1 Å². The van der Waals surface area contributed by atoms with Crippen molar-refractivity contribution >= 4 is 5.91 Å². The molecule has 5 nitrogen and oxygen atoms in total. The molecule has 5 heteroatoms. The molecule has 0 radical (unpaired) electrons. The summed E-state index contributed by atoms with van der Waals surface area (Å²) in [4.78, 5) is 21.7. The van der Waals surface area contributed by atoms with Crippen molar-refractivity contribution < 1.29 is 9.53 Å². The van der Waals surface area contributed by atoms with Gasteiger partial charge in [-0.05, 0) is 62.4 Å². The number of likely N-dealkylation sites (tertiary alicyclic amines) is 2. The first-order valence-electron chi connectivity index (χ1n) is 9.59. The molecule has 1 aromatic heterocycles. The topological polar surface area (TPSA) is 45.7 Å². The summed E-state index contributed by atoms with van der Waals surface area (Å²) in [6, 6.07) is 4.18. The van der Waals surface area contributed by atoms with Gasteiger partial charge in [-0.3, -0.25) is 14.7 Å². The molecular weight excluding hydrogens is 314 g/mol. The fourth-order valence-corrected chi connectivity index (χ4v) is 4.64. The van der Waals surface area contributed by atoms with Gasteiger partial charge in [0.25, 0.3) is 0 Å². The van der Waals surface area contributed by atoms with E-state index in [1.165, 1.54) is 18.4 Å². The van der Waals surface area contributed by atoms with Gasteiger partial charge < -0.3 is 9.64 Å². The Morgan fingerprint density at radius 1 is 1.24 bits per heavy atom. The molecule has 0 aromatic carbocycles. The smallest absolute Gasteiger partial charge is 0.228 e. The van der Waals surface area contributed by atoms with E-state index in [2.05, 4.69) is 26.9 Å². The van der Waals surface area contributed by atoms with Crippen LogP contribution in [0.1, 0.15) is 31.2 Å². The van der Waals surface area contributed by atoms with Gasteiger partial charge in [-0.25, -0.2) is 0 Å². The number of amides is 1. The van der Waals surface area contributed by atoms with E-state index in [9.17, 15) is 4.79 Å². The summed E-state index contributed by atoms with van der Waals surface area (Å²) in [5.41, 5.74) is 1.44. The van der Waals surface area contributed by atoms with E-state index in [0.717, 1.165) is 51.5 Å². The molecule has 2 aliphatic heterocycles. The maximum absolute atomic E-state index is 12.9. The quantitative estimate of drug-likeness (QED) is 0.794. The van der Waals surface area contributed by atoms with Crippen LogP contribution in [0.5, 0.6) is 0 Å². The lowest BCUT2D eigenvalue weighted by atomic mass is 9.71. The van der Waals surface area contributed by atoms with Crippen LogP contribution in [0.15, 0.2) is 24.5 Å². The molecule has 0 N–H and O–H groups in total. The summed E-state index contributed by atoms with van der Waals surface area (Å²) in [5, 5.41) is 0. The summed E-state index contributed by atoms with van der Waals surface area (Å²) in [7, 11) is 1.73. The van der Waals surface area contributed by atoms with E-state index < -0.39 is 0 Å². The monoisotopic (exact) mass is 343 g/mol. The minimum absolute atomic E-state index is 0.0549. The summed E-state index contributed by atoms with van der Waals surface area (Å²) >= 11 is 0. The van der Waals surface area contributed by atoms with Crippen molar-refractivity contribution in [3.8, 4) is 0 Å². The van der Waals surface area contributed by atoms with E-state index in [-0.39, 0.29) is 11.3 Å². The number of aromatic nitrogens is 1. The second-order valence-electron chi connectivity index (χ2n) is 8.16. The highest BCUT2D eigenvalue weighted by molar-refractivity contribution is 5.82. The number of hydrogen-bond donors (Lipinski definition) is 0. The predicted octanol–water partition coefficient (Wildman–Crippen LogP) is 2.18. The molecule has 4 rings (SSSR count). The highest BCUT2D eigenvalue weighted by Gasteiger charge is 2.53. The number of ether oxygens (including phenoxy) is 1. The fraction of sp³-hybridized carbons (Fsp3) is 0.700. The van der Waals surface area contributed by atoms with Crippen LogP contribution in [0.2, 0.25) is 0 Å². The third-order valence-corrected chi connectivity index (χ3v) is 6.37. The zero-order chi connectivity index (χ0) is 17.3. The number of piperidine rings is 1. The van der Waals surface area contributed by atoms with E-state index in [1.807, 2.05) is 12.4 Å². The third kappa shape index (κ3) is 3.58. The molecule has 3 heterocycles. The normalized spacial score (nSPS) is 26.5. The van der Waals surface area contributed by atoms with Crippen LogP contribution in [0.4, 0.5) is 0 Å². The molecule has 1 aromatic rings. The fourth-order valence-electron chi connectivity index (χ4n) is 4.64. The molecule has 136 valence electrons. The summed E-state index contributed by atoms with van der Waals surface area (Å²) in [5.74, 6) is 1.16. The third-order valence-electron chi connectivity index (χ3n) is 6.37. The standard InChI is InChI=1S/C20H29N3O2/c1-25-14-18-19(24)23(13-16-2-3-16)15-20(18)6-10-22(11-7-20)12-17-4-8-21-9-5-17/h4-5,8-9,16,18H,2-3,6-7,10-15H2,1H3. The number of carbonyl (C=O) groups excluding carboxylic acids is 1. The van der Waals surface area contributed by atoms with Gasteiger partial charge in [0.15, 0.2) is 0 Å². The van der Waals surface area contributed by atoms with Gasteiger partial charge in [-0.15, -0.1) is 0 Å². The second kappa shape index (κ2) is 7.04. The van der Waals surface area contributed by atoms with Crippen molar-refractivity contribution in [2.45, 2.75) is 32.2 Å². The Morgan fingerprint density at radius 3 is 2.60 bits per heavy atom. The van der Waals surface area contributed by atoms with Crippen LogP contribution in [0.3, 0.4) is 0 Å². The maximum atomic E-state index is 12.9. The Kier molecular flexibility index (Phi) is 4.78. The number of nitrogens with zero attached hydrogens (tertiary/aromatic N) is 3. The summed E-state index contributed by atoms with van der Waals surface area (Å²) in [6.45, 7) is 5.60. The lowest BCUT2D eigenvalue weighted by Crippen LogP contribution is -2.45. The maximum Gasteiger partial charge on any atom is 0.228 e. The number of rotatable bonds is 6. The van der Waals surface area contributed by atoms with Gasteiger partial charge in [0.1, 0.15) is 0 Å². The largest absolute Gasteiger partial charge is 0.384 e. The Labute approximate surface area is 150 Å². The number of methoxy groups -OCH3 is 1. The van der Waals surface area contributed by atoms with Crippen LogP contribution >= 0.6 is 0 Å². The highest BCUT2D eigenvalue weighted by atomic mass is 16.5. The van der Waals surface area contributed by atoms with E-state index in [0.29, 0.717) is 12.5 Å². The Hall–Kier alpha value is -1.46. The van der Waals surface area contributed by atoms with Gasteiger partial charge in [-0.2, -0.15) is 0 Å². The molecule has 1 spiro atoms. The highest BCUT2D eigenvalue weighted by Crippen LogP contribution is 2.46. The SMILES string of the molecule is COCC1C(=O)N(CC2CC2)CC12CCN(Cc1ccncc1)CC2. The van der Waals surface area contributed by atoms with Gasteiger partial charge in [0, 0.05) is 44.6 Å². The molecule has 25 heavy (non-hydrogen) atoms. The van der Waals surface area contributed by atoms with Crippen molar-refractivity contribution in [2.24, 2.45) is 17.3 Å². The minimum Gasteiger partial charge on any atom is -0.384 e. The zero-order valence-corrected chi connectivity index (χ0v) is 15.2. The van der Waals surface area contributed by atoms with Gasteiger partial charge in [-0.1, -0.05) is 0 Å². The van der Waals surface area contributed by atoms with Crippen LogP contribution in [0, 0.1) is 17.3 Å². The number of carbonyl (C=O) groups is 1. The molecule has 3 fully saturated rings. The molecule has 2 saturated heterocycles. The molecule has 3 aliphatic rings. The molecule has 1 amide bonds. The van der Waals surface area contributed by atoms with Crippen LogP contribution in [0.25, 0.3) is 0 Å². The van der Waals surface area contributed by atoms with Crippen LogP contribution in [-0.4, -0.2) is 60.6 Å². The number of hydrogen-bond acceptors (Lipinski definition) is 4. The lowest BCUT2D eigenvalue weighted by Gasteiger charge is -2.41. The first-order chi connectivity index (χ1) is 12.2.